The number of hydrogen-bond donors (Lipinski definition) is 1. The van der Waals surface area contributed by atoms with Crippen LogP contribution in [0.2, 0.25) is 0 Å². The molecule has 0 spiro atoms. The van der Waals surface area contributed by atoms with Crippen LogP contribution >= 0.6 is 0 Å². The van der Waals surface area contributed by atoms with Crippen LogP contribution in [0.25, 0.3) is 0 Å². The number of esters is 1. The third-order valence-corrected chi connectivity index (χ3v) is 1.36. The molecule has 0 aromatic heterocycles. The quantitative estimate of drug-likeness (QED) is 0.441. The van der Waals surface area contributed by atoms with E-state index in [2.05, 4.69) is 0 Å². The van der Waals surface area contributed by atoms with Gasteiger partial charge in [-0.05, 0) is 34.1 Å². The predicted molar refractivity (Wildman–Crippen MR) is 60.4 cm³/mol. The highest BCUT2D eigenvalue weighted by atomic mass is 16.6. The zero-order valence-corrected chi connectivity index (χ0v) is 9.86. The van der Waals surface area contributed by atoms with E-state index in [1.807, 2.05) is 20.8 Å². The van der Waals surface area contributed by atoms with E-state index in [-0.39, 0.29) is 12.1 Å². The molecule has 0 aliphatic heterocycles. The van der Waals surface area contributed by atoms with E-state index in [0.29, 0.717) is 6.42 Å². The number of rotatable bonds is 4. The minimum atomic E-state index is -0.454. The maximum atomic E-state index is 11.2. The molecule has 1 N–H and O–H groups in total. The minimum Gasteiger partial charge on any atom is -0.457 e. The van der Waals surface area contributed by atoms with Crippen LogP contribution in [0.4, 0.5) is 0 Å². The lowest BCUT2D eigenvalue weighted by molar-refractivity contribution is -0.148. The molecule has 86 valence electrons. The van der Waals surface area contributed by atoms with E-state index >= 15 is 0 Å². The van der Waals surface area contributed by atoms with Gasteiger partial charge in [0, 0.05) is 6.08 Å². The molecule has 0 aliphatic rings. The van der Waals surface area contributed by atoms with Gasteiger partial charge in [-0.15, -0.1) is 0 Å². The molecule has 0 amide bonds. The summed E-state index contributed by atoms with van der Waals surface area (Å²) in [4.78, 5) is 11.2. The van der Waals surface area contributed by atoms with Crippen molar-refractivity contribution in [1.82, 2.24) is 0 Å². The standard InChI is InChI=1S/C12H20O3/c1-10(13)8-6-5-7-9-11(14)15-12(2,3)4/h5-7,9-10,13H,8H2,1-4H3/b6-5+,9-7+. The van der Waals surface area contributed by atoms with Crippen LogP contribution in [0.5, 0.6) is 0 Å². The molecule has 15 heavy (non-hydrogen) atoms. The summed E-state index contributed by atoms with van der Waals surface area (Å²) in [5.74, 6) is -0.357. The maximum Gasteiger partial charge on any atom is 0.331 e. The van der Waals surface area contributed by atoms with Crippen molar-refractivity contribution in [2.24, 2.45) is 0 Å². The Morgan fingerprint density at radius 1 is 1.40 bits per heavy atom. The van der Waals surface area contributed by atoms with Crippen LogP contribution in [-0.4, -0.2) is 22.8 Å². The van der Waals surface area contributed by atoms with Gasteiger partial charge in [0.1, 0.15) is 5.60 Å². The first-order chi connectivity index (χ1) is 6.81. The summed E-state index contributed by atoms with van der Waals surface area (Å²) in [6.07, 6.45) is 6.72. The minimum absolute atomic E-state index is 0.351. The lowest BCUT2D eigenvalue weighted by atomic mass is 10.2. The highest BCUT2D eigenvalue weighted by molar-refractivity contribution is 5.82. The Morgan fingerprint density at radius 3 is 2.47 bits per heavy atom. The fourth-order valence-corrected chi connectivity index (χ4v) is 0.824. The predicted octanol–water partition coefficient (Wildman–Crippen LogP) is 2.21. The van der Waals surface area contributed by atoms with Crippen molar-refractivity contribution in [1.29, 1.82) is 0 Å². The van der Waals surface area contributed by atoms with Gasteiger partial charge in [0.15, 0.2) is 0 Å². The van der Waals surface area contributed by atoms with Gasteiger partial charge in [0.25, 0.3) is 0 Å². The topological polar surface area (TPSA) is 46.5 Å². The first-order valence-corrected chi connectivity index (χ1v) is 5.05. The van der Waals surface area contributed by atoms with E-state index < -0.39 is 5.60 Å². The number of carbonyl (C=O) groups is 1. The van der Waals surface area contributed by atoms with Gasteiger partial charge < -0.3 is 9.84 Å². The second kappa shape index (κ2) is 6.40. The summed E-state index contributed by atoms with van der Waals surface area (Å²) in [7, 11) is 0. The van der Waals surface area contributed by atoms with Crippen LogP contribution in [0.3, 0.4) is 0 Å². The van der Waals surface area contributed by atoms with Gasteiger partial charge in [0.05, 0.1) is 6.10 Å². The Labute approximate surface area is 91.4 Å². The van der Waals surface area contributed by atoms with Gasteiger partial charge in [-0.2, -0.15) is 0 Å². The number of ether oxygens (including phenoxy) is 1. The second-order valence-electron chi connectivity index (χ2n) is 4.41. The number of aliphatic hydroxyl groups excluding tert-OH is 1. The van der Waals surface area contributed by atoms with Crippen molar-refractivity contribution < 1.29 is 14.6 Å². The van der Waals surface area contributed by atoms with E-state index in [4.69, 9.17) is 9.84 Å². The summed E-state index contributed by atoms with van der Waals surface area (Å²) in [6, 6.07) is 0. The Balaban J connectivity index is 3.87. The fraction of sp³-hybridized carbons (Fsp3) is 0.583. The van der Waals surface area contributed by atoms with Crippen LogP contribution in [0.1, 0.15) is 34.1 Å². The van der Waals surface area contributed by atoms with E-state index in [1.165, 1.54) is 6.08 Å². The normalized spacial score (nSPS) is 14.7. The van der Waals surface area contributed by atoms with Crippen LogP contribution < -0.4 is 0 Å². The first-order valence-electron chi connectivity index (χ1n) is 5.05. The molecule has 0 radical (unpaired) electrons. The average Bonchev–Trinajstić information content (AvgIpc) is 1.99. The fourth-order valence-electron chi connectivity index (χ4n) is 0.824. The zero-order valence-electron chi connectivity index (χ0n) is 9.86. The average molecular weight is 212 g/mol. The van der Waals surface area contributed by atoms with Crippen molar-refractivity contribution in [3.8, 4) is 0 Å². The highest BCUT2D eigenvalue weighted by Crippen LogP contribution is 2.06. The third kappa shape index (κ3) is 10.8. The molecule has 0 rings (SSSR count). The zero-order chi connectivity index (χ0) is 11.9. The number of aliphatic hydroxyl groups is 1. The number of allylic oxidation sites excluding steroid dienone is 2. The smallest absolute Gasteiger partial charge is 0.331 e. The molecule has 0 aromatic carbocycles. The molecule has 0 fully saturated rings. The van der Waals surface area contributed by atoms with Crippen molar-refractivity contribution in [3.63, 3.8) is 0 Å². The lowest BCUT2D eigenvalue weighted by Gasteiger charge is -2.17. The summed E-state index contributed by atoms with van der Waals surface area (Å²) in [5, 5.41) is 8.95. The van der Waals surface area contributed by atoms with E-state index in [0.717, 1.165) is 0 Å². The van der Waals surface area contributed by atoms with Crippen LogP contribution in [0, 0.1) is 0 Å². The van der Waals surface area contributed by atoms with Crippen molar-refractivity contribution in [2.75, 3.05) is 0 Å². The molecule has 0 saturated carbocycles. The Bertz CT molecular complexity index is 244. The lowest BCUT2D eigenvalue weighted by Crippen LogP contribution is -2.22. The van der Waals surface area contributed by atoms with Crippen molar-refractivity contribution >= 4 is 5.97 Å². The molecule has 3 heteroatoms. The Hall–Kier alpha value is -1.09. The van der Waals surface area contributed by atoms with Gasteiger partial charge in [0.2, 0.25) is 0 Å². The third-order valence-electron chi connectivity index (χ3n) is 1.36. The van der Waals surface area contributed by atoms with Gasteiger partial charge >= 0.3 is 5.97 Å². The molecule has 0 aromatic rings. The summed E-state index contributed by atoms with van der Waals surface area (Å²) in [6.45, 7) is 7.17. The van der Waals surface area contributed by atoms with Gasteiger partial charge in [-0.1, -0.05) is 18.2 Å². The molecule has 3 nitrogen and oxygen atoms in total. The summed E-state index contributed by atoms with van der Waals surface area (Å²) >= 11 is 0. The maximum absolute atomic E-state index is 11.2. The van der Waals surface area contributed by atoms with Crippen LogP contribution in [0.15, 0.2) is 24.3 Å². The van der Waals surface area contributed by atoms with E-state index in [9.17, 15) is 4.79 Å². The molecule has 0 bridgehead atoms. The Kier molecular flexibility index (Phi) is 5.94. The largest absolute Gasteiger partial charge is 0.457 e. The second-order valence-corrected chi connectivity index (χ2v) is 4.41. The molecule has 0 saturated heterocycles. The SMILES string of the molecule is CC(O)C/C=C/C=C/C(=O)OC(C)(C)C. The van der Waals surface area contributed by atoms with Crippen molar-refractivity contribution in [2.45, 2.75) is 45.8 Å². The Morgan fingerprint density at radius 2 is 2.00 bits per heavy atom. The molecule has 0 heterocycles. The number of carbonyl (C=O) groups excluding carboxylic acids is 1. The van der Waals surface area contributed by atoms with E-state index in [1.54, 1.807) is 25.2 Å². The summed E-state index contributed by atoms with van der Waals surface area (Å²) < 4.78 is 5.06. The number of hydrogen-bond acceptors (Lipinski definition) is 3. The van der Waals surface area contributed by atoms with Gasteiger partial charge in [-0.3, -0.25) is 0 Å². The molecule has 0 aliphatic carbocycles. The first kappa shape index (κ1) is 13.9. The van der Waals surface area contributed by atoms with Crippen LogP contribution in [-0.2, 0) is 9.53 Å². The monoisotopic (exact) mass is 212 g/mol. The molecule has 1 unspecified atom stereocenters. The molecular formula is C12H20O3. The molecule has 1 atom stereocenters. The highest BCUT2D eigenvalue weighted by Gasteiger charge is 2.13. The van der Waals surface area contributed by atoms with Gasteiger partial charge in [-0.25, -0.2) is 4.79 Å². The summed E-state index contributed by atoms with van der Waals surface area (Å²) in [5.41, 5.74) is -0.454. The van der Waals surface area contributed by atoms with Crippen molar-refractivity contribution in [3.05, 3.63) is 24.3 Å². The molecular weight excluding hydrogens is 192 g/mol.